The zero-order valence-electron chi connectivity index (χ0n) is 10.8. The van der Waals surface area contributed by atoms with Crippen LogP contribution in [0.2, 0.25) is 0 Å². The lowest BCUT2D eigenvalue weighted by atomic mass is 10.2. The van der Waals surface area contributed by atoms with Crippen LogP contribution in [-0.4, -0.2) is 41.6 Å². The van der Waals surface area contributed by atoms with Crippen LogP contribution < -0.4 is 5.56 Å². The number of ether oxygens (including phenoxy) is 1. The van der Waals surface area contributed by atoms with Crippen LogP contribution in [0.25, 0.3) is 0 Å². The van der Waals surface area contributed by atoms with E-state index in [1.165, 1.54) is 25.1 Å². The van der Waals surface area contributed by atoms with Crippen LogP contribution >= 0.6 is 0 Å². The van der Waals surface area contributed by atoms with E-state index in [0.29, 0.717) is 18.7 Å². The fraction of sp³-hybridized carbons (Fsp3) is 0.571. The maximum atomic E-state index is 12.2. The fourth-order valence-corrected chi connectivity index (χ4v) is 2.37. The Morgan fingerprint density at radius 2 is 2.26 bits per heavy atom. The van der Waals surface area contributed by atoms with Gasteiger partial charge in [0.2, 0.25) is 5.56 Å². The van der Waals surface area contributed by atoms with E-state index in [2.05, 4.69) is 4.98 Å². The highest BCUT2D eigenvalue weighted by atomic mass is 16.5. The number of amides is 1. The molecule has 5 heteroatoms. The molecule has 1 aliphatic heterocycles. The number of nitrogens with zero attached hydrogens (tertiary/aromatic N) is 1. The van der Waals surface area contributed by atoms with Crippen LogP contribution in [0.15, 0.2) is 23.1 Å². The number of hydrogen-bond donors (Lipinski definition) is 1. The highest BCUT2D eigenvalue weighted by molar-refractivity contribution is 5.94. The van der Waals surface area contributed by atoms with Gasteiger partial charge in [0.25, 0.3) is 5.91 Å². The van der Waals surface area contributed by atoms with E-state index in [9.17, 15) is 9.59 Å². The summed E-state index contributed by atoms with van der Waals surface area (Å²) in [5.41, 5.74) is 0.207. The largest absolute Gasteiger partial charge is 0.376 e. The third-order valence-corrected chi connectivity index (χ3v) is 3.72. The number of nitrogens with one attached hydrogen (secondary N) is 1. The first-order valence-electron chi connectivity index (χ1n) is 6.82. The molecule has 1 aliphatic carbocycles. The van der Waals surface area contributed by atoms with Crippen molar-refractivity contribution >= 4 is 5.91 Å². The van der Waals surface area contributed by atoms with E-state index in [4.69, 9.17) is 4.74 Å². The molecule has 0 spiro atoms. The van der Waals surface area contributed by atoms with Crippen molar-refractivity contribution in [2.45, 2.75) is 25.4 Å². The Morgan fingerprint density at radius 1 is 1.42 bits per heavy atom. The van der Waals surface area contributed by atoms with Gasteiger partial charge in [0, 0.05) is 37.5 Å². The molecule has 2 fully saturated rings. The first-order chi connectivity index (χ1) is 9.22. The molecular weight excluding hydrogens is 244 g/mol. The molecule has 1 atom stereocenters. The first kappa shape index (κ1) is 12.4. The summed E-state index contributed by atoms with van der Waals surface area (Å²) in [4.78, 5) is 27.7. The number of hydrogen-bond acceptors (Lipinski definition) is 3. The predicted octanol–water partition coefficient (Wildman–Crippen LogP) is 1.02. The molecule has 5 nitrogen and oxygen atoms in total. The van der Waals surface area contributed by atoms with Gasteiger partial charge in [-0.3, -0.25) is 9.59 Å². The van der Waals surface area contributed by atoms with E-state index in [1.807, 2.05) is 0 Å². The zero-order chi connectivity index (χ0) is 13.2. The molecule has 3 rings (SSSR count). The molecule has 1 amide bonds. The average molecular weight is 262 g/mol. The summed E-state index contributed by atoms with van der Waals surface area (Å²) in [7, 11) is 0. The second kappa shape index (κ2) is 5.17. The smallest absolute Gasteiger partial charge is 0.254 e. The van der Waals surface area contributed by atoms with Gasteiger partial charge in [0.15, 0.2) is 0 Å². The summed E-state index contributed by atoms with van der Waals surface area (Å²) in [6.07, 6.45) is 5.12. The van der Waals surface area contributed by atoms with Gasteiger partial charge in [-0.25, -0.2) is 0 Å². The SMILES string of the molecule is O=C(c1cc[nH]c(=O)c1)N1CCC(OCC2CC2)C1. The Balaban J connectivity index is 1.57. The lowest BCUT2D eigenvalue weighted by Crippen LogP contribution is -2.31. The van der Waals surface area contributed by atoms with Crippen LogP contribution in [-0.2, 0) is 4.74 Å². The quantitative estimate of drug-likeness (QED) is 0.881. The number of likely N-dealkylation sites (tertiary alicyclic amines) is 1. The fourth-order valence-electron chi connectivity index (χ4n) is 2.37. The Morgan fingerprint density at radius 3 is 3.00 bits per heavy atom. The lowest BCUT2D eigenvalue weighted by Gasteiger charge is -2.16. The van der Waals surface area contributed by atoms with Gasteiger partial charge in [-0.05, 0) is 31.2 Å². The zero-order valence-corrected chi connectivity index (χ0v) is 10.8. The van der Waals surface area contributed by atoms with E-state index in [1.54, 1.807) is 11.0 Å². The number of carbonyl (C=O) groups is 1. The molecule has 0 radical (unpaired) electrons. The second-order valence-electron chi connectivity index (χ2n) is 5.38. The molecule has 19 heavy (non-hydrogen) atoms. The average Bonchev–Trinajstić information content (AvgIpc) is 3.13. The Labute approximate surface area is 111 Å². The molecule has 2 heterocycles. The molecular formula is C14H18N2O3. The van der Waals surface area contributed by atoms with Crippen molar-refractivity contribution in [1.82, 2.24) is 9.88 Å². The van der Waals surface area contributed by atoms with Crippen molar-refractivity contribution in [1.29, 1.82) is 0 Å². The molecule has 0 aromatic carbocycles. The van der Waals surface area contributed by atoms with Gasteiger partial charge < -0.3 is 14.6 Å². The lowest BCUT2D eigenvalue weighted by molar-refractivity contribution is 0.0480. The van der Waals surface area contributed by atoms with E-state index in [0.717, 1.165) is 18.9 Å². The first-order valence-corrected chi connectivity index (χ1v) is 6.82. The predicted molar refractivity (Wildman–Crippen MR) is 70.0 cm³/mol. The highest BCUT2D eigenvalue weighted by Crippen LogP contribution is 2.30. The Kier molecular flexibility index (Phi) is 3.38. The van der Waals surface area contributed by atoms with Crippen LogP contribution in [0.5, 0.6) is 0 Å². The van der Waals surface area contributed by atoms with E-state index >= 15 is 0 Å². The summed E-state index contributed by atoms with van der Waals surface area (Å²) >= 11 is 0. The molecule has 1 N–H and O–H groups in total. The number of aromatic amines is 1. The van der Waals surface area contributed by atoms with Crippen LogP contribution in [0.1, 0.15) is 29.6 Å². The van der Waals surface area contributed by atoms with Gasteiger partial charge in [0.05, 0.1) is 6.10 Å². The molecule has 1 unspecified atom stereocenters. The van der Waals surface area contributed by atoms with Crippen LogP contribution in [0.4, 0.5) is 0 Å². The van der Waals surface area contributed by atoms with Gasteiger partial charge in [0.1, 0.15) is 0 Å². The van der Waals surface area contributed by atoms with Crippen molar-refractivity contribution < 1.29 is 9.53 Å². The summed E-state index contributed by atoms with van der Waals surface area (Å²) in [5, 5.41) is 0. The Hall–Kier alpha value is -1.62. The van der Waals surface area contributed by atoms with Crippen molar-refractivity contribution in [2.75, 3.05) is 19.7 Å². The molecule has 2 aliphatic rings. The third-order valence-electron chi connectivity index (χ3n) is 3.72. The summed E-state index contributed by atoms with van der Waals surface area (Å²) in [6, 6.07) is 2.99. The number of pyridine rings is 1. The molecule has 1 saturated carbocycles. The normalized spacial score (nSPS) is 22.7. The van der Waals surface area contributed by atoms with Crippen molar-refractivity contribution in [3.05, 3.63) is 34.2 Å². The number of H-pyrrole nitrogens is 1. The molecule has 1 aromatic rings. The molecule has 1 aromatic heterocycles. The van der Waals surface area contributed by atoms with Gasteiger partial charge in [-0.2, -0.15) is 0 Å². The molecule has 1 saturated heterocycles. The third kappa shape index (κ3) is 3.04. The maximum absolute atomic E-state index is 12.2. The second-order valence-corrected chi connectivity index (χ2v) is 5.38. The number of rotatable bonds is 4. The summed E-state index contributed by atoms with van der Waals surface area (Å²) < 4.78 is 5.81. The summed E-state index contributed by atoms with van der Waals surface area (Å²) in [5.74, 6) is 0.668. The van der Waals surface area contributed by atoms with E-state index < -0.39 is 0 Å². The van der Waals surface area contributed by atoms with Crippen LogP contribution in [0, 0.1) is 5.92 Å². The molecule has 0 bridgehead atoms. The molecule has 102 valence electrons. The topological polar surface area (TPSA) is 62.4 Å². The highest BCUT2D eigenvalue weighted by Gasteiger charge is 2.29. The van der Waals surface area contributed by atoms with Crippen molar-refractivity contribution in [2.24, 2.45) is 5.92 Å². The minimum Gasteiger partial charge on any atom is -0.376 e. The van der Waals surface area contributed by atoms with Crippen LogP contribution in [0.3, 0.4) is 0 Å². The Bertz CT molecular complexity index is 521. The maximum Gasteiger partial charge on any atom is 0.254 e. The monoisotopic (exact) mass is 262 g/mol. The number of carbonyl (C=O) groups excluding carboxylic acids is 1. The number of aromatic nitrogens is 1. The van der Waals surface area contributed by atoms with Gasteiger partial charge in [-0.1, -0.05) is 0 Å². The van der Waals surface area contributed by atoms with Gasteiger partial charge in [-0.15, -0.1) is 0 Å². The van der Waals surface area contributed by atoms with Crippen molar-refractivity contribution in [3.8, 4) is 0 Å². The van der Waals surface area contributed by atoms with Crippen molar-refractivity contribution in [3.63, 3.8) is 0 Å². The van der Waals surface area contributed by atoms with Gasteiger partial charge >= 0.3 is 0 Å². The van der Waals surface area contributed by atoms with E-state index in [-0.39, 0.29) is 17.6 Å². The minimum absolute atomic E-state index is 0.0800. The summed E-state index contributed by atoms with van der Waals surface area (Å²) in [6.45, 7) is 2.18. The standard InChI is InChI=1S/C14H18N2O3/c17-13-7-11(3-5-15-13)14(18)16-6-4-12(8-16)19-9-10-1-2-10/h3,5,7,10,12H,1-2,4,6,8-9H2,(H,15,17). The minimum atomic E-state index is -0.244.